The van der Waals surface area contributed by atoms with Crippen molar-refractivity contribution in [1.29, 1.82) is 0 Å². The fraction of sp³-hybridized carbons (Fsp3) is 0.846. The van der Waals surface area contributed by atoms with Crippen molar-refractivity contribution in [3.63, 3.8) is 0 Å². The van der Waals surface area contributed by atoms with E-state index in [2.05, 4.69) is 6.58 Å². The highest BCUT2D eigenvalue weighted by Crippen LogP contribution is 2.39. The lowest BCUT2D eigenvalue weighted by Gasteiger charge is -2.43. The van der Waals surface area contributed by atoms with Crippen molar-refractivity contribution in [1.82, 2.24) is 0 Å². The zero-order valence-electron chi connectivity index (χ0n) is 10.0. The average molecular weight is 212 g/mol. The molecule has 3 atom stereocenters. The van der Waals surface area contributed by atoms with E-state index in [-0.39, 0.29) is 6.10 Å². The van der Waals surface area contributed by atoms with E-state index in [0.29, 0.717) is 12.5 Å². The van der Waals surface area contributed by atoms with Crippen LogP contribution in [0.3, 0.4) is 0 Å². The standard InChI is InChI=1S/C13H24O2/c1-4-8-12-9-6-7-10-13(12,14)11(3)15-5-2/h4,11-12,14H,1,5-10H2,2-3H3/t11?,12-,13-/m0/s1. The highest BCUT2D eigenvalue weighted by Gasteiger charge is 2.42. The highest BCUT2D eigenvalue weighted by atomic mass is 16.5. The molecule has 1 fully saturated rings. The fourth-order valence-electron chi connectivity index (χ4n) is 2.71. The van der Waals surface area contributed by atoms with Crippen molar-refractivity contribution in [2.75, 3.05) is 6.61 Å². The Kier molecular flexibility index (Phi) is 4.81. The predicted molar refractivity (Wildman–Crippen MR) is 62.8 cm³/mol. The number of hydrogen-bond donors (Lipinski definition) is 1. The Bertz CT molecular complexity index is 203. The second kappa shape index (κ2) is 5.66. The third-order valence-electron chi connectivity index (χ3n) is 3.66. The van der Waals surface area contributed by atoms with Crippen molar-refractivity contribution in [3.05, 3.63) is 12.7 Å². The largest absolute Gasteiger partial charge is 0.387 e. The zero-order chi connectivity index (χ0) is 11.3. The van der Waals surface area contributed by atoms with E-state index in [0.717, 1.165) is 25.7 Å². The zero-order valence-corrected chi connectivity index (χ0v) is 10.0. The molecule has 0 aliphatic heterocycles. The van der Waals surface area contributed by atoms with Gasteiger partial charge in [-0.2, -0.15) is 0 Å². The van der Waals surface area contributed by atoms with Crippen LogP contribution in [0, 0.1) is 5.92 Å². The van der Waals surface area contributed by atoms with Crippen molar-refractivity contribution in [2.24, 2.45) is 5.92 Å². The Balaban J connectivity index is 2.70. The normalized spacial score (nSPS) is 33.7. The maximum absolute atomic E-state index is 10.7. The molecule has 2 nitrogen and oxygen atoms in total. The monoisotopic (exact) mass is 212 g/mol. The summed E-state index contributed by atoms with van der Waals surface area (Å²) in [4.78, 5) is 0. The van der Waals surface area contributed by atoms with Gasteiger partial charge in [0.15, 0.2) is 0 Å². The van der Waals surface area contributed by atoms with Crippen LogP contribution in [0.4, 0.5) is 0 Å². The molecule has 0 radical (unpaired) electrons. The summed E-state index contributed by atoms with van der Waals surface area (Å²) in [6.45, 7) is 8.41. The van der Waals surface area contributed by atoms with Gasteiger partial charge in [0.1, 0.15) is 0 Å². The van der Waals surface area contributed by atoms with Gasteiger partial charge in [0.2, 0.25) is 0 Å². The van der Waals surface area contributed by atoms with Gasteiger partial charge in [-0.1, -0.05) is 18.9 Å². The molecule has 0 aromatic rings. The lowest BCUT2D eigenvalue weighted by molar-refractivity contribution is -0.146. The first-order valence-corrected chi connectivity index (χ1v) is 6.10. The minimum absolute atomic E-state index is 0.0623. The van der Waals surface area contributed by atoms with Gasteiger partial charge in [-0.05, 0) is 39.0 Å². The second-order valence-corrected chi connectivity index (χ2v) is 4.56. The first-order valence-electron chi connectivity index (χ1n) is 6.10. The van der Waals surface area contributed by atoms with Crippen molar-refractivity contribution >= 4 is 0 Å². The minimum atomic E-state index is -0.636. The number of aliphatic hydroxyl groups is 1. The van der Waals surface area contributed by atoms with Crippen LogP contribution in [0.15, 0.2) is 12.7 Å². The third-order valence-corrected chi connectivity index (χ3v) is 3.66. The van der Waals surface area contributed by atoms with E-state index >= 15 is 0 Å². The fourth-order valence-corrected chi connectivity index (χ4v) is 2.71. The summed E-state index contributed by atoms with van der Waals surface area (Å²) in [6, 6.07) is 0. The topological polar surface area (TPSA) is 29.5 Å². The van der Waals surface area contributed by atoms with Gasteiger partial charge in [0, 0.05) is 6.61 Å². The van der Waals surface area contributed by atoms with Crippen LogP contribution < -0.4 is 0 Å². The van der Waals surface area contributed by atoms with Crippen LogP contribution in [-0.2, 0) is 4.74 Å². The SMILES string of the molecule is C=CC[C@H]1CCCC[C@]1(O)C(C)OCC. The van der Waals surface area contributed by atoms with Gasteiger partial charge in [0.05, 0.1) is 11.7 Å². The van der Waals surface area contributed by atoms with E-state index < -0.39 is 5.60 Å². The first kappa shape index (κ1) is 12.7. The molecule has 1 aliphatic rings. The molecule has 15 heavy (non-hydrogen) atoms. The number of ether oxygens (including phenoxy) is 1. The predicted octanol–water partition coefficient (Wildman–Crippen LogP) is 2.91. The molecule has 0 heterocycles. The summed E-state index contributed by atoms with van der Waals surface area (Å²) < 4.78 is 5.58. The summed E-state index contributed by atoms with van der Waals surface area (Å²) in [5, 5.41) is 10.7. The van der Waals surface area contributed by atoms with E-state index in [9.17, 15) is 5.11 Å². The lowest BCUT2D eigenvalue weighted by atomic mass is 9.71. The lowest BCUT2D eigenvalue weighted by Crippen LogP contribution is -2.50. The molecule has 1 unspecified atom stereocenters. The Hall–Kier alpha value is -0.340. The molecule has 2 heteroatoms. The van der Waals surface area contributed by atoms with E-state index in [1.165, 1.54) is 6.42 Å². The summed E-state index contributed by atoms with van der Waals surface area (Å²) in [7, 11) is 0. The molecule has 0 bridgehead atoms. The van der Waals surface area contributed by atoms with Crippen LogP contribution in [0.2, 0.25) is 0 Å². The van der Waals surface area contributed by atoms with Crippen LogP contribution in [0.25, 0.3) is 0 Å². The summed E-state index contributed by atoms with van der Waals surface area (Å²) in [5.41, 5.74) is -0.636. The summed E-state index contributed by atoms with van der Waals surface area (Å²) in [5.74, 6) is 0.324. The van der Waals surface area contributed by atoms with Gasteiger partial charge < -0.3 is 9.84 Å². The average Bonchev–Trinajstić information content (AvgIpc) is 2.22. The molecule has 0 aromatic carbocycles. The second-order valence-electron chi connectivity index (χ2n) is 4.56. The van der Waals surface area contributed by atoms with Gasteiger partial charge in [-0.15, -0.1) is 6.58 Å². The van der Waals surface area contributed by atoms with Gasteiger partial charge in [-0.3, -0.25) is 0 Å². The molecule has 1 saturated carbocycles. The maximum Gasteiger partial charge on any atom is 0.0936 e. The van der Waals surface area contributed by atoms with E-state index in [1.807, 2.05) is 19.9 Å². The first-order chi connectivity index (χ1) is 7.15. The van der Waals surface area contributed by atoms with Crippen molar-refractivity contribution in [2.45, 2.75) is 57.7 Å². The molecule has 0 amide bonds. The molecular weight excluding hydrogens is 188 g/mol. The quantitative estimate of drug-likeness (QED) is 0.710. The van der Waals surface area contributed by atoms with Crippen LogP contribution in [-0.4, -0.2) is 23.4 Å². The third kappa shape index (κ3) is 2.82. The Labute approximate surface area is 93.3 Å². The van der Waals surface area contributed by atoms with Crippen molar-refractivity contribution in [3.8, 4) is 0 Å². The molecule has 88 valence electrons. The van der Waals surface area contributed by atoms with Crippen LogP contribution in [0.5, 0.6) is 0 Å². The number of allylic oxidation sites excluding steroid dienone is 1. The van der Waals surface area contributed by atoms with Crippen LogP contribution in [0.1, 0.15) is 46.0 Å². The van der Waals surface area contributed by atoms with Crippen LogP contribution >= 0.6 is 0 Å². The number of rotatable bonds is 5. The summed E-state index contributed by atoms with van der Waals surface area (Å²) in [6.07, 6.45) is 7.05. The maximum atomic E-state index is 10.7. The Morgan fingerprint density at radius 1 is 1.60 bits per heavy atom. The Morgan fingerprint density at radius 2 is 2.33 bits per heavy atom. The molecule has 1 N–H and O–H groups in total. The molecule has 0 saturated heterocycles. The minimum Gasteiger partial charge on any atom is -0.387 e. The molecule has 0 spiro atoms. The van der Waals surface area contributed by atoms with E-state index in [1.54, 1.807) is 0 Å². The molecule has 1 aliphatic carbocycles. The highest BCUT2D eigenvalue weighted by molar-refractivity contribution is 4.97. The van der Waals surface area contributed by atoms with Gasteiger partial charge in [0.25, 0.3) is 0 Å². The molecule has 0 aromatic heterocycles. The smallest absolute Gasteiger partial charge is 0.0936 e. The molecular formula is C13H24O2. The van der Waals surface area contributed by atoms with Gasteiger partial charge in [-0.25, -0.2) is 0 Å². The number of hydrogen-bond acceptors (Lipinski definition) is 2. The van der Waals surface area contributed by atoms with E-state index in [4.69, 9.17) is 4.74 Å². The van der Waals surface area contributed by atoms with Gasteiger partial charge >= 0.3 is 0 Å². The van der Waals surface area contributed by atoms with Crippen molar-refractivity contribution < 1.29 is 9.84 Å². The Morgan fingerprint density at radius 3 is 2.93 bits per heavy atom. The molecule has 1 rings (SSSR count). The summed E-state index contributed by atoms with van der Waals surface area (Å²) >= 11 is 0.